The summed E-state index contributed by atoms with van der Waals surface area (Å²) in [6.07, 6.45) is 8.04. The van der Waals surface area contributed by atoms with E-state index >= 15 is 0 Å². The number of hydrogen-bond acceptors (Lipinski definition) is 6. The standard InChI is InChI=1S/C31H31N3O4S/c1-19-10-11-22(16-20(19)2)33-30(35)29-26-8-6-4-5-7-9-28(26)39-31(29)32-18-24-13-15-27(38-24)25-14-12-23(34(36)37)17-21(25)3/h10-18H,4-9H2,1-3H3,(H,33,35). The lowest BCUT2D eigenvalue weighted by Crippen LogP contribution is -2.14. The first-order valence-electron chi connectivity index (χ1n) is 13.2. The van der Waals surface area contributed by atoms with Crippen LogP contribution in [-0.4, -0.2) is 17.0 Å². The number of nitro groups is 1. The van der Waals surface area contributed by atoms with Gasteiger partial charge in [-0.15, -0.1) is 11.3 Å². The molecule has 0 bridgehead atoms. The van der Waals surface area contributed by atoms with E-state index in [0.29, 0.717) is 22.1 Å². The van der Waals surface area contributed by atoms with Crippen molar-refractivity contribution in [3.05, 3.63) is 97.1 Å². The molecule has 0 aliphatic heterocycles. The van der Waals surface area contributed by atoms with Crippen LogP contribution in [0.4, 0.5) is 16.4 Å². The lowest BCUT2D eigenvalue weighted by Gasteiger charge is -2.12. The van der Waals surface area contributed by atoms with Crippen LogP contribution in [0.2, 0.25) is 0 Å². The van der Waals surface area contributed by atoms with Crippen molar-refractivity contribution in [2.24, 2.45) is 4.99 Å². The Balaban J connectivity index is 1.45. The summed E-state index contributed by atoms with van der Waals surface area (Å²) in [6, 6.07) is 14.3. The molecule has 2 aromatic carbocycles. The van der Waals surface area contributed by atoms with Gasteiger partial charge in [-0.2, -0.15) is 0 Å². The van der Waals surface area contributed by atoms with Crippen molar-refractivity contribution in [3.63, 3.8) is 0 Å². The fourth-order valence-electron chi connectivity index (χ4n) is 4.97. The Hall–Kier alpha value is -4.04. The van der Waals surface area contributed by atoms with Crippen LogP contribution in [0.5, 0.6) is 0 Å². The molecule has 2 heterocycles. The van der Waals surface area contributed by atoms with Gasteiger partial charge in [0, 0.05) is 28.3 Å². The molecule has 8 heteroatoms. The summed E-state index contributed by atoms with van der Waals surface area (Å²) in [4.78, 5) is 30.3. The molecule has 2 aromatic heterocycles. The highest BCUT2D eigenvalue weighted by Crippen LogP contribution is 2.39. The molecule has 1 amide bonds. The van der Waals surface area contributed by atoms with Crippen molar-refractivity contribution in [2.75, 3.05) is 5.32 Å². The number of fused-ring (bicyclic) bond motifs is 1. The van der Waals surface area contributed by atoms with Gasteiger partial charge in [0.05, 0.1) is 16.7 Å². The van der Waals surface area contributed by atoms with Gasteiger partial charge < -0.3 is 9.73 Å². The third-order valence-corrected chi connectivity index (χ3v) is 8.47. The number of thiophene rings is 1. The molecule has 0 saturated heterocycles. The molecule has 0 spiro atoms. The van der Waals surface area contributed by atoms with E-state index in [2.05, 4.69) is 12.2 Å². The number of aliphatic imine (C=N–C) groups is 1. The van der Waals surface area contributed by atoms with Gasteiger partial charge in [-0.25, -0.2) is 4.99 Å². The minimum absolute atomic E-state index is 0.0458. The maximum absolute atomic E-state index is 13.6. The summed E-state index contributed by atoms with van der Waals surface area (Å²) in [5, 5.41) is 14.9. The zero-order valence-corrected chi connectivity index (χ0v) is 23.2. The van der Waals surface area contributed by atoms with Crippen LogP contribution in [0.25, 0.3) is 11.3 Å². The van der Waals surface area contributed by atoms with E-state index in [1.165, 1.54) is 35.4 Å². The molecule has 0 radical (unpaired) electrons. The number of amides is 1. The predicted molar refractivity (Wildman–Crippen MR) is 157 cm³/mol. The third kappa shape index (κ3) is 5.86. The first kappa shape index (κ1) is 26.6. The number of furan rings is 1. The fraction of sp³-hybridized carbons (Fsp3) is 0.290. The van der Waals surface area contributed by atoms with Gasteiger partial charge in [0.1, 0.15) is 16.5 Å². The van der Waals surface area contributed by atoms with Gasteiger partial charge in [0.25, 0.3) is 11.6 Å². The Morgan fingerprint density at radius 1 is 0.974 bits per heavy atom. The van der Waals surface area contributed by atoms with Crippen molar-refractivity contribution in [3.8, 4) is 11.3 Å². The maximum Gasteiger partial charge on any atom is 0.269 e. The molecule has 0 atom stereocenters. The van der Waals surface area contributed by atoms with E-state index in [1.54, 1.807) is 23.6 Å². The van der Waals surface area contributed by atoms with Crippen LogP contribution in [-0.2, 0) is 12.8 Å². The number of anilines is 1. The third-order valence-electron chi connectivity index (χ3n) is 7.27. The lowest BCUT2D eigenvalue weighted by atomic mass is 9.96. The van der Waals surface area contributed by atoms with E-state index in [1.807, 2.05) is 44.2 Å². The fourth-order valence-corrected chi connectivity index (χ4v) is 6.20. The van der Waals surface area contributed by atoms with Crippen molar-refractivity contribution in [2.45, 2.75) is 59.3 Å². The minimum Gasteiger partial charge on any atom is -0.455 e. The molecule has 0 unspecified atom stereocenters. The van der Waals surface area contributed by atoms with Crippen LogP contribution < -0.4 is 5.32 Å². The lowest BCUT2D eigenvalue weighted by molar-refractivity contribution is -0.384. The average molecular weight is 542 g/mol. The van der Waals surface area contributed by atoms with E-state index < -0.39 is 4.92 Å². The van der Waals surface area contributed by atoms with Crippen LogP contribution >= 0.6 is 11.3 Å². The second-order valence-electron chi connectivity index (χ2n) is 10.1. The Bertz CT molecular complexity index is 1580. The Morgan fingerprint density at radius 2 is 1.77 bits per heavy atom. The Kier molecular flexibility index (Phi) is 7.74. The second kappa shape index (κ2) is 11.4. The molecule has 0 saturated carbocycles. The molecule has 4 aromatic rings. The van der Waals surface area contributed by atoms with Gasteiger partial charge in [0.2, 0.25) is 0 Å². The first-order valence-corrected chi connectivity index (χ1v) is 14.0. The molecule has 1 aliphatic carbocycles. The number of carbonyl (C=O) groups excluding carboxylic acids is 1. The molecule has 5 rings (SSSR count). The molecular weight excluding hydrogens is 510 g/mol. The summed E-state index contributed by atoms with van der Waals surface area (Å²) >= 11 is 1.59. The zero-order valence-electron chi connectivity index (χ0n) is 22.4. The first-order chi connectivity index (χ1) is 18.8. The highest BCUT2D eigenvalue weighted by Gasteiger charge is 2.24. The summed E-state index contributed by atoms with van der Waals surface area (Å²) < 4.78 is 6.02. The molecule has 1 aliphatic rings. The quantitative estimate of drug-likeness (QED) is 0.150. The number of non-ortho nitro benzene ring substituents is 1. The summed E-state index contributed by atoms with van der Waals surface area (Å²) in [5.74, 6) is 1.02. The van der Waals surface area contributed by atoms with Crippen LogP contribution in [0.15, 0.2) is 57.9 Å². The van der Waals surface area contributed by atoms with Gasteiger partial charge in [-0.3, -0.25) is 14.9 Å². The number of carbonyl (C=O) groups is 1. The smallest absolute Gasteiger partial charge is 0.269 e. The van der Waals surface area contributed by atoms with Gasteiger partial charge in [-0.05, 0) is 99.0 Å². The van der Waals surface area contributed by atoms with Crippen LogP contribution in [0.3, 0.4) is 0 Å². The number of aryl methyl sites for hydroxylation is 4. The van der Waals surface area contributed by atoms with E-state index in [0.717, 1.165) is 53.6 Å². The van der Waals surface area contributed by atoms with Crippen molar-refractivity contribution in [1.82, 2.24) is 0 Å². The average Bonchev–Trinajstić information content (AvgIpc) is 3.49. The maximum atomic E-state index is 13.6. The minimum atomic E-state index is -0.407. The number of nitro benzene ring substituents is 1. The number of benzene rings is 2. The number of nitrogens with zero attached hydrogens (tertiary/aromatic N) is 2. The van der Waals surface area contributed by atoms with Crippen LogP contribution in [0.1, 0.15) is 68.9 Å². The summed E-state index contributed by atoms with van der Waals surface area (Å²) in [6.45, 7) is 5.91. The summed E-state index contributed by atoms with van der Waals surface area (Å²) in [5.41, 5.74) is 6.45. The van der Waals surface area contributed by atoms with Crippen molar-refractivity contribution in [1.29, 1.82) is 0 Å². The van der Waals surface area contributed by atoms with Gasteiger partial charge in [-0.1, -0.05) is 18.9 Å². The molecule has 7 nitrogen and oxygen atoms in total. The van der Waals surface area contributed by atoms with E-state index in [-0.39, 0.29) is 11.6 Å². The van der Waals surface area contributed by atoms with Crippen LogP contribution in [0, 0.1) is 30.9 Å². The monoisotopic (exact) mass is 541 g/mol. The molecular formula is C31H31N3O4S. The van der Waals surface area contributed by atoms with Crippen molar-refractivity contribution >= 4 is 39.8 Å². The van der Waals surface area contributed by atoms with E-state index in [4.69, 9.17) is 9.41 Å². The number of hydrogen-bond donors (Lipinski definition) is 1. The predicted octanol–water partition coefficient (Wildman–Crippen LogP) is 8.50. The Labute approximate surface area is 231 Å². The highest BCUT2D eigenvalue weighted by atomic mass is 32.1. The highest BCUT2D eigenvalue weighted by molar-refractivity contribution is 7.16. The molecule has 39 heavy (non-hydrogen) atoms. The van der Waals surface area contributed by atoms with Gasteiger partial charge >= 0.3 is 0 Å². The summed E-state index contributed by atoms with van der Waals surface area (Å²) in [7, 11) is 0. The topological polar surface area (TPSA) is 97.7 Å². The van der Waals surface area contributed by atoms with Gasteiger partial charge in [0.15, 0.2) is 0 Å². The van der Waals surface area contributed by atoms with Crippen molar-refractivity contribution < 1.29 is 14.1 Å². The zero-order chi connectivity index (χ0) is 27.5. The van der Waals surface area contributed by atoms with E-state index in [9.17, 15) is 14.9 Å². The molecule has 200 valence electrons. The number of rotatable bonds is 6. The molecule has 1 N–H and O–H groups in total. The second-order valence-corrected chi connectivity index (χ2v) is 11.2. The number of nitrogens with one attached hydrogen (secondary N) is 1. The Morgan fingerprint density at radius 3 is 2.51 bits per heavy atom. The largest absolute Gasteiger partial charge is 0.455 e. The molecule has 0 fully saturated rings. The normalized spacial score (nSPS) is 13.6. The SMILES string of the molecule is Cc1ccc(NC(=O)c2c(N=Cc3ccc(-c4ccc([N+](=O)[O-])cc4C)o3)sc3c2CCCCCC3)cc1C.